The zero-order valence-electron chi connectivity index (χ0n) is 10.8. The summed E-state index contributed by atoms with van der Waals surface area (Å²) in [5.74, 6) is 0. The molecule has 96 valence electrons. The molecular weight excluding hydrogens is 236 g/mol. The number of fused-ring (bicyclic) bond motifs is 1. The van der Waals surface area contributed by atoms with Crippen molar-refractivity contribution in [2.24, 2.45) is 0 Å². The van der Waals surface area contributed by atoms with E-state index >= 15 is 0 Å². The average molecular weight is 252 g/mol. The molecule has 0 aliphatic carbocycles. The van der Waals surface area contributed by atoms with Gasteiger partial charge in [-0.2, -0.15) is 5.10 Å². The van der Waals surface area contributed by atoms with Crippen molar-refractivity contribution in [1.82, 2.24) is 19.9 Å². The Morgan fingerprint density at radius 2 is 2.11 bits per heavy atom. The van der Waals surface area contributed by atoms with Crippen LogP contribution in [0.25, 0.3) is 5.52 Å². The van der Waals surface area contributed by atoms with Gasteiger partial charge in [0.1, 0.15) is 0 Å². The molecule has 0 spiro atoms. The van der Waals surface area contributed by atoms with Crippen LogP contribution >= 0.6 is 0 Å². The summed E-state index contributed by atoms with van der Waals surface area (Å²) >= 11 is 0. The molecule has 0 radical (unpaired) electrons. The molecule has 3 rings (SSSR count). The maximum absolute atomic E-state index is 4.36. The van der Waals surface area contributed by atoms with E-state index in [4.69, 9.17) is 0 Å². The molecule has 1 N–H and O–H groups in total. The van der Waals surface area contributed by atoms with E-state index in [1.165, 1.54) is 5.56 Å². The Balaban J connectivity index is 1.73. The van der Waals surface area contributed by atoms with E-state index in [2.05, 4.69) is 28.4 Å². The number of pyridine rings is 2. The summed E-state index contributed by atoms with van der Waals surface area (Å²) in [6, 6.07) is 12.3. The Labute approximate surface area is 112 Å². The van der Waals surface area contributed by atoms with Gasteiger partial charge in [-0.15, -0.1) is 0 Å². The number of nitrogens with one attached hydrogen (secondary N) is 1. The maximum atomic E-state index is 4.36. The molecular formula is C15H16N4. The zero-order chi connectivity index (χ0) is 13.1. The van der Waals surface area contributed by atoms with E-state index in [0.717, 1.165) is 17.8 Å². The Morgan fingerprint density at radius 1 is 1.21 bits per heavy atom. The van der Waals surface area contributed by atoms with Crippen molar-refractivity contribution in [3.05, 3.63) is 66.2 Å². The van der Waals surface area contributed by atoms with Crippen molar-refractivity contribution in [1.29, 1.82) is 0 Å². The summed E-state index contributed by atoms with van der Waals surface area (Å²) in [7, 11) is 0. The highest BCUT2D eigenvalue weighted by atomic mass is 15.2. The van der Waals surface area contributed by atoms with E-state index in [1.807, 2.05) is 53.4 Å². The highest BCUT2D eigenvalue weighted by molar-refractivity contribution is 5.53. The molecule has 0 fully saturated rings. The highest BCUT2D eigenvalue weighted by Gasteiger charge is 2.08. The second kappa shape index (κ2) is 5.20. The summed E-state index contributed by atoms with van der Waals surface area (Å²) in [5, 5.41) is 7.81. The first-order valence-electron chi connectivity index (χ1n) is 6.40. The monoisotopic (exact) mass is 252 g/mol. The molecule has 19 heavy (non-hydrogen) atoms. The molecule has 1 unspecified atom stereocenters. The predicted molar refractivity (Wildman–Crippen MR) is 74.7 cm³/mol. The second-order valence-electron chi connectivity index (χ2n) is 4.56. The van der Waals surface area contributed by atoms with Crippen LogP contribution in [-0.2, 0) is 6.54 Å². The van der Waals surface area contributed by atoms with Gasteiger partial charge >= 0.3 is 0 Å². The standard InChI is InChI=1S/C15H16N4/c1-12(14-6-2-4-8-16-14)17-10-13-11-18-19-9-5-3-7-15(13)19/h2-9,11-12,17H,10H2,1H3. The van der Waals surface area contributed by atoms with E-state index < -0.39 is 0 Å². The third-order valence-corrected chi connectivity index (χ3v) is 3.24. The first kappa shape index (κ1) is 11.9. The smallest absolute Gasteiger partial charge is 0.0706 e. The maximum Gasteiger partial charge on any atom is 0.0706 e. The minimum Gasteiger partial charge on any atom is -0.305 e. The van der Waals surface area contributed by atoms with E-state index in [1.54, 1.807) is 0 Å². The summed E-state index contributed by atoms with van der Waals surface area (Å²) in [4.78, 5) is 4.36. The van der Waals surface area contributed by atoms with Crippen LogP contribution < -0.4 is 5.32 Å². The van der Waals surface area contributed by atoms with Gasteiger partial charge in [0.15, 0.2) is 0 Å². The molecule has 4 nitrogen and oxygen atoms in total. The largest absolute Gasteiger partial charge is 0.305 e. The lowest BCUT2D eigenvalue weighted by Crippen LogP contribution is -2.18. The lowest BCUT2D eigenvalue weighted by atomic mass is 10.2. The molecule has 3 aromatic heterocycles. The summed E-state index contributed by atoms with van der Waals surface area (Å²) in [5.41, 5.74) is 3.39. The quantitative estimate of drug-likeness (QED) is 0.776. The van der Waals surface area contributed by atoms with Crippen LogP contribution in [0.5, 0.6) is 0 Å². The van der Waals surface area contributed by atoms with Crippen LogP contribution in [0.1, 0.15) is 24.2 Å². The van der Waals surface area contributed by atoms with Gasteiger partial charge in [0, 0.05) is 30.5 Å². The first-order chi connectivity index (χ1) is 9.34. The molecule has 0 bridgehead atoms. The number of aromatic nitrogens is 3. The lowest BCUT2D eigenvalue weighted by molar-refractivity contribution is 0.563. The number of nitrogens with zero attached hydrogens (tertiary/aromatic N) is 3. The summed E-state index contributed by atoms with van der Waals surface area (Å²) in [6.45, 7) is 2.90. The van der Waals surface area contributed by atoms with Gasteiger partial charge in [-0.25, -0.2) is 4.52 Å². The summed E-state index contributed by atoms with van der Waals surface area (Å²) < 4.78 is 1.89. The molecule has 1 atom stereocenters. The minimum atomic E-state index is 0.222. The van der Waals surface area contributed by atoms with Gasteiger partial charge in [-0.05, 0) is 31.2 Å². The Kier molecular flexibility index (Phi) is 3.25. The molecule has 4 heteroatoms. The van der Waals surface area contributed by atoms with E-state index in [9.17, 15) is 0 Å². The molecule has 3 heterocycles. The van der Waals surface area contributed by atoms with Gasteiger partial charge in [0.2, 0.25) is 0 Å². The third kappa shape index (κ3) is 2.48. The second-order valence-corrected chi connectivity index (χ2v) is 4.56. The number of hydrogen-bond acceptors (Lipinski definition) is 3. The van der Waals surface area contributed by atoms with Crippen molar-refractivity contribution in [3.63, 3.8) is 0 Å². The molecule has 0 amide bonds. The molecule has 0 saturated heterocycles. The number of hydrogen-bond donors (Lipinski definition) is 1. The Bertz CT molecular complexity index is 660. The van der Waals surface area contributed by atoms with Crippen LogP contribution in [0.15, 0.2) is 55.0 Å². The van der Waals surface area contributed by atoms with Crippen LogP contribution in [0.2, 0.25) is 0 Å². The minimum absolute atomic E-state index is 0.222. The van der Waals surface area contributed by atoms with E-state index in [0.29, 0.717) is 0 Å². The highest BCUT2D eigenvalue weighted by Crippen LogP contribution is 2.13. The predicted octanol–water partition coefficient (Wildman–Crippen LogP) is 2.58. The molecule has 0 aromatic carbocycles. The van der Waals surface area contributed by atoms with Crippen LogP contribution in [0.3, 0.4) is 0 Å². The first-order valence-corrected chi connectivity index (χ1v) is 6.40. The fraction of sp³-hybridized carbons (Fsp3) is 0.200. The molecule has 0 aliphatic heterocycles. The fourth-order valence-electron chi connectivity index (χ4n) is 2.12. The SMILES string of the molecule is CC(NCc1cnn2ccccc12)c1ccccn1. The molecule has 3 aromatic rings. The fourth-order valence-corrected chi connectivity index (χ4v) is 2.12. The van der Waals surface area contributed by atoms with Gasteiger partial charge in [0.25, 0.3) is 0 Å². The van der Waals surface area contributed by atoms with Gasteiger partial charge in [0.05, 0.1) is 17.4 Å². The van der Waals surface area contributed by atoms with Gasteiger partial charge in [-0.3, -0.25) is 4.98 Å². The summed E-state index contributed by atoms with van der Waals surface area (Å²) in [6.07, 6.45) is 5.69. The molecule has 0 aliphatic rings. The van der Waals surface area contributed by atoms with Crippen LogP contribution in [-0.4, -0.2) is 14.6 Å². The van der Waals surface area contributed by atoms with Gasteiger partial charge in [-0.1, -0.05) is 12.1 Å². The van der Waals surface area contributed by atoms with Crippen molar-refractivity contribution >= 4 is 5.52 Å². The zero-order valence-corrected chi connectivity index (χ0v) is 10.8. The van der Waals surface area contributed by atoms with Gasteiger partial charge < -0.3 is 5.32 Å². The Morgan fingerprint density at radius 3 is 2.95 bits per heavy atom. The Hall–Kier alpha value is -2.20. The van der Waals surface area contributed by atoms with Crippen LogP contribution in [0.4, 0.5) is 0 Å². The van der Waals surface area contributed by atoms with Crippen molar-refractivity contribution < 1.29 is 0 Å². The lowest BCUT2D eigenvalue weighted by Gasteiger charge is -2.12. The van der Waals surface area contributed by atoms with Crippen LogP contribution in [0, 0.1) is 0 Å². The average Bonchev–Trinajstić information content (AvgIpc) is 2.89. The van der Waals surface area contributed by atoms with Crippen molar-refractivity contribution in [2.45, 2.75) is 19.5 Å². The molecule has 0 saturated carbocycles. The van der Waals surface area contributed by atoms with Crippen molar-refractivity contribution in [3.8, 4) is 0 Å². The van der Waals surface area contributed by atoms with Crippen molar-refractivity contribution in [2.75, 3.05) is 0 Å². The third-order valence-electron chi connectivity index (χ3n) is 3.24. The topological polar surface area (TPSA) is 42.2 Å². The number of rotatable bonds is 4. The van der Waals surface area contributed by atoms with E-state index in [-0.39, 0.29) is 6.04 Å². The normalized spacial score (nSPS) is 12.7.